The van der Waals surface area contributed by atoms with E-state index in [9.17, 15) is 14.0 Å². The molecule has 0 bridgehead atoms. The Morgan fingerprint density at radius 1 is 1.05 bits per heavy atom. The molecule has 3 nitrogen and oxygen atoms in total. The molecule has 0 spiro atoms. The van der Waals surface area contributed by atoms with Gasteiger partial charge in [-0.15, -0.1) is 0 Å². The maximum absolute atomic E-state index is 12.7. The lowest BCUT2D eigenvalue weighted by atomic mass is 9.90. The number of Topliss-reactive ketones (excluding diaryl/α,β-unsaturated/α-hetero) is 2. The van der Waals surface area contributed by atoms with Crippen molar-refractivity contribution in [2.24, 2.45) is 5.92 Å². The molecule has 4 heteroatoms. The molecule has 0 saturated carbocycles. The summed E-state index contributed by atoms with van der Waals surface area (Å²) in [5, 5.41) is 0. The second kappa shape index (κ2) is 9.27. The highest BCUT2D eigenvalue weighted by Crippen LogP contribution is 2.16. The Kier molecular flexibility index (Phi) is 7.65. The third-order valence-corrected chi connectivity index (χ3v) is 3.44. The molecule has 0 unspecified atom stereocenters. The van der Waals surface area contributed by atoms with Gasteiger partial charge in [-0.25, -0.2) is 4.39 Å². The van der Waals surface area contributed by atoms with E-state index in [1.54, 1.807) is 26.0 Å². The van der Waals surface area contributed by atoms with Crippen molar-refractivity contribution in [3.05, 3.63) is 30.1 Å². The van der Waals surface area contributed by atoms with Crippen LogP contribution in [0.25, 0.3) is 0 Å². The molecule has 0 saturated heterocycles. The van der Waals surface area contributed by atoms with Crippen molar-refractivity contribution in [2.75, 3.05) is 6.61 Å². The predicted molar refractivity (Wildman–Crippen MR) is 79.8 cm³/mol. The molecule has 1 aromatic rings. The van der Waals surface area contributed by atoms with Crippen LogP contribution in [0, 0.1) is 11.7 Å². The Labute approximate surface area is 125 Å². The average Bonchev–Trinajstić information content (AvgIpc) is 2.51. The number of ether oxygens (including phenoxy) is 1. The van der Waals surface area contributed by atoms with Gasteiger partial charge in [-0.1, -0.05) is 13.8 Å². The van der Waals surface area contributed by atoms with E-state index in [1.165, 1.54) is 12.1 Å². The fourth-order valence-electron chi connectivity index (χ4n) is 2.17. The smallest absolute Gasteiger partial charge is 0.143 e. The van der Waals surface area contributed by atoms with Crippen LogP contribution in [-0.4, -0.2) is 18.2 Å². The molecule has 0 aliphatic carbocycles. The zero-order chi connectivity index (χ0) is 15.7. The molecular formula is C17H23FO3. The number of hydrogen-bond donors (Lipinski definition) is 0. The van der Waals surface area contributed by atoms with Crippen LogP contribution in [0.15, 0.2) is 24.3 Å². The van der Waals surface area contributed by atoms with Gasteiger partial charge < -0.3 is 4.74 Å². The minimum Gasteiger partial charge on any atom is -0.494 e. The van der Waals surface area contributed by atoms with Crippen LogP contribution < -0.4 is 4.74 Å². The second-order valence-corrected chi connectivity index (χ2v) is 4.99. The number of ketones is 2. The molecule has 0 atom stereocenters. The molecule has 1 aromatic carbocycles. The molecule has 1 rings (SSSR count). The van der Waals surface area contributed by atoms with Gasteiger partial charge >= 0.3 is 0 Å². The normalized spacial score (nSPS) is 10.7. The van der Waals surface area contributed by atoms with E-state index >= 15 is 0 Å². The summed E-state index contributed by atoms with van der Waals surface area (Å²) >= 11 is 0. The van der Waals surface area contributed by atoms with Gasteiger partial charge in [-0.05, 0) is 43.5 Å². The van der Waals surface area contributed by atoms with Crippen LogP contribution in [0.5, 0.6) is 5.75 Å². The van der Waals surface area contributed by atoms with Crippen LogP contribution >= 0.6 is 0 Å². The van der Waals surface area contributed by atoms with E-state index in [1.807, 2.05) is 0 Å². The maximum atomic E-state index is 12.7. The molecule has 0 aliphatic rings. The zero-order valence-corrected chi connectivity index (χ0v) is 12.7. The minimum absolute atomic E-state index is 0.0290. The quantitative estimate of drug-likeness (QED) is 0.485. The van der Waals surface area contributed by atoms with Gasteiger partial charge in [-0.2, -0.15) is 0 Å². The summed E-state index contributed by atoms with van der Waals surface area (Å²) < 4.78 is 18.2. The summed E-state index contributed by atoms with van der Waals surface area (Å²) in [4.78, 5) is 23.5. The van der Waals surface area contributed by atoms with Crippen LogP contribution in [0.2, 0.25) is 0 Å². The van der Waals surface area contributed by atoms with Gasteiger partial charge in [-0.3, -0.25) is 9.59 Å². The van der Waals surface area contributed by atoms with Crippen molar-refractivity contribution in [1.82, 2.24) is 0 Å². The Morgan fingerprint density at radius 2 is 1.62 bits per heavy atom. The number of halogens is 1. The molecule has 21 heavy (non-hydrogen) atoms. The molecule has 0 aromatic heterocycles. The summed E-state index contributed by atoms with van der Waals surface area (Å²) in [6, 6.07) is 5.87. The van der Waals surface area contributed by atoms with Crippen LogP contribution in [0.3, 0.4) is 0 Å². The van der Waals surface area contributed by atoms with Crippen molar-refractivity contribution < 1.29 is 18.7 Å². The maximum Gasteiger partial charge on any atom is 0.143 e. The third kappa shape index (κ3) is 6.06. The number of carbonyl (C=O) groups is 2. The SMILES string of the molecule is CCC(=O)C(CCCCOc1ccc(F)cc1)C(=O)CC. The number of carbonyl (C=O) groups excluding carboxylic acids is 2. The topological polar surface area (TPSA) is 43.4 Å². The Hall–Kier alpha value is -1.71. The first-order valence-electron chi connectivity index (χ1n) is 7.52. The van der Waals surface area contributed by atoms with Crippen LogP contribution in [0.1, 0.15) is 46.0 Å². The lowest BCUT2D eigenvalue weighted by Gasteiger charge is -2.13. The standard InChI is InChI=1S/C17H23FO3/c1-3-16(19)15(17(20)4-2)7-5-6-12-21-14-10-8-13(18)9-11-14/h8-11,15H,3-7,12H2,1-2H3. The van der Waals surface area contributed by atoms with E-state index < -0.39 is 5.92 Å². The highest BCUT2D eigenvalue weighted by atomic mass is 19.1. The molecule has 116 valence electrons. The predicted octanol–water partition coefficient (Wildman–Crippen LogP) is 3.95. The summed E-state index contributed by atoms with van der Waals surface area (Å²) in [6.07, 6.45) is 2.93. The fourth-order valence-corrected chi connectivity index (χ4v) is 2.17. The first-order chi connectivity index (χ1) is 10.1. The Balaban J connectivity index is 2.29. The highest BCUT2D eigenvalue weighted by molar-refractivity contribution is 6.02. The lowest BCUT2D eigenvalue weighted by molar-refractivity contribution is -0.132. The van der Waals surface area contributed by atoms with E-state index in [-0.39, 0.29) is 17.4 Å². The summed E-state index contributed by atoms with van der Waals surface area (Å²) in [6.45, 7) is 4.07. The van der Waals surface area contributed by atoms with Crippen molar-refractivity contribution >= 4 is 11.6 Å². The first-order valence-corrected chi connectivity index (χ1v) is 7.52. The van der Waals surface area contributed by atoms with Gasteiger partial charge in [0, 0.05) is 12.8 Å². The monoisotopic (exact) mass is 294 g/mol. The molecule has 0 aliphatic heterocycles. The first kappa shape index (κ1) is 17.3. The number of benzene rings is 1. The highest BCUT2D eigenvalue weighted by Gasteiger charge is 2.22. The van der Waals surface area contributed by atoms with Gasteiger partial charge in [0.1, 0.15) is 23.1 Å². The molecule has 0 radical (unpaired) electrons. The molecule has 0 N–H and O–H groups in total. The minimum atomic E-state index is -0.453. The number of rotatable bonds is 10. The average molecular weight is 294 g/mol. The molecule has 0 heterocycles. The van der Waals surface area contributed by atoms with E-state index in [0.717, 1.165) is 12.8 Å². The van der Waals surface area contributed by atoms with E-state index in [4.69, 9.17) is 4.74 Å². The van der Waals surface area contributed by atoms with Gasteiger partial charge in [0.15, 0.2) is 0 Å². The number of unbranched alkanes of at least 4 members (excludes halogenated alkanes) is 1. The Bertz CT molecular complexity index is 438. The van der Waals surface area contributed by atoms with Crippen molar-refractivity contribution in [2.45, 2.75) is 46.0 Å². The summed E-state index contributed by atoms with van der Waals surface area (Å²) in [5.41, 5.74) is 0. The Morgan fingerprint density at radius 3 is 2.14 bits per heavy atom. The van der Waals surface area contributed by atoms with Gasteiger partial charge in [0.2, 0.25) is 0 Å². The molecule has 0 amide bonds. The lowest BCUT2D eigenvalue weighted by Crippen LogP contribution is -2.23. The fraction of sp³-hybridized carbons (Fsp3) is 0.529. The molecular weight excluding hydrogens is 271 g/mol. The van der Waals surface area contributed by atoms with Gasteiger partial charge in [0.05, 0.1) is 12.5 Å². The van der Waals surface area contributed by atoms with Crippen LogP contribution in [0.4, 0.5) is 4.39 Å². The second-order valence-electron chi connectivity index (χ2n) is 4.99. The van der Waals surface area contributed by atoms with Crippen molar-refractivity contribution in [1.29, 1.82) is 0 Å². The molecule has 0 fully saturated rings. The third-order valence-electron chi connectivity index (χ3n) is 3.44. The van der Waals surface area contributed by atoms with E-state index in [2.05, 4.69) is 0 Å². The van der Waals surface area contributed by atoms with Crippen LogP contribution in [-0.2, 0) is 9.59 Å². The van der Waals surface area contributed by atoms with Crippen molar-refractivity contribution in [3.63, 3.8) is 0 Å². The summed E-state index contributed by atoms with van der Waals surface area (Å²) in [5.74, 6) is -0.0583. The largest absolute Gasteiger partial charge is 0.494 e. The number of hydrogen-bond acceptors (Lipinski definition) is 3. The van der Waals surface area contributed by atoms with Crippen molar-refractivity contribution in [3.8, 4) is 5.75 Å². The van der Waals surface area contributed by atoms with Gasteiger partial charge in [0.25, 0.3) is 0 Å². The van der Waals surface area contributed by atoms with E-state index in [0.29, 0.717) is 31.6 Å². The summed E-state index contributed by atoms with van der Waals surface area (Å²) in [7, 11) is 0. The zero-order valence-electron chi connectivity index (χ0n) is 12.7.